The highest BCUT2D eigenvalue weighted by Gasteiger charge is 2.38. The van der Waals surface area contributed by atoms with E-state index >= 15 is 0 Å². The molecule has 1 aromatic carbocycles. The van der Waals surface area contributed by atoms with Crippen LogP contribution in [0.1, 0.15) is 11.1 Å². The Balaban J connectivity index is 0.00000176. The van der Waals surface area contributed by atoms with E-state index in [-0.39, 0.29) is 24.7 Å². The van der Waals surface area contributed by atoms with Crippen LogP contribution in [0.5, 0.6) is 0 Å². The summed E-state index contributed by atoms with van der Waals surface area (Å²) in [4.78, 5) is 14.0. The molecule has 1 amide bonds. The van der Waals surface area contributed by atoms with Crippen molar-refractivity contribution in [2.24, 2.45) is 11.8 Å². The van der Waals surface area contributed by atoms with Crippen LogP contribution in [0, 0.1) is 11.8 Å². The summed E-state index contributed by atoms with van der Waals surface area (Å²) < 4.78 is 38.0. The first-order valence-corrected chi connectivity index (χ1v) is 7.08. The van der Waals surface area contributed by atoms with E-state index in [0.29, 0.717) is 17.4 Å². The van der Waals surface area contributed by atoms with Crippen molar-refractivity contribution in [3.05, 3.63) is 35.4 Å². The average Bonchev–Trinajstić information content (AvgIpc) is 2.98. The van der Waals surface area contributed by atoms with Gasteiger partial charge in [-0.1, -0.05) is 18.2 Å². The van der Waals surface area contributed by atoms with Gasteiger partial charge in [0.15, 0.2) is 0 Å². The Morgan fingerprint density at radius 1 is 1.23 bits per heavy atom. The number of nitrogens with zero attached hydrogens (tertiary/aromatic N) is 1. The Bertz CT molecular complexity index is 538. The second kappa shape index (κ2) is 6.46. The second-order valence-electron chi connectivity index (χ2n) is 5.85. The van der Waals surface area contributed by atoms with E-state index in [1.54, 1.807) is 11.0 Å². The van der Waals surface area contributed by atoms with Crippen LogP contribution < -0.4 is 5.32 Å². The molecular formula is C15H18ClF3N2O. The summed E-state index contributed by atoms with van der Waals surface area (Å²) in [5.74, 6) is 0.912. The molecule has 2 aliphatic rings. The highest BCUT2D eigenvalue weighted by molar-refractivity contribution is 5.85. The maximum atomic E-state index is 12.7. The smallest absolute Gasteiger partial charge is 0.342 e. The summed E-state index contributed by atoms with van der Waals surface area (Å²) >= 11 is 0. The van der Waals surface area contributed by atoms with Gasteiger partial charge in [0.05, 0.1) is 12.0 Å². The van der Waals surface area contributed by atoms with Crippen molar-refractivity contribution in [3.8, 4) is 0 Å². The van der Waals surface area contributed by atoms with E-state index in [0.717, 1.165) is 38.3 Å². The molecule has 0 unspecified atom stereocenters. The van der Waals surface area contributed by atoms with E-state index < -0.39 is 11.7 Å². The molecule has 1 aromatic rings. The molecule has 2 saturated heterocycles. The van der Waals surface area contributed by atoms with Crippen LogP contribution in [-0.2, 0) is 17.4 Å². The number of alkyl halides is 3. The maximum Gasteiger partial charge on any atom is 0.416 e. The second-order valence-corrected chi connectivity index (χ2v) is 5.85. The lowest BCUT2D eigenvalue weighted by molar-refractivity contribution is -0.138. The van der Waals surface area contributed by atoms with Crippen molar-refractivity contribution >= 4 is 18.3 Å². The third-order valence-corrected chi connectivity index (χ3v) is 4.35. The van der Waals surface area contributed by atoms with Gasteiger partial charge < -0.3 is 10.2 Å². The van der Waals surface area contributed by atoms with Crippen molar-refractivity contribution in [2.75, 3.05) is 26.2 Å². The Hall–Kier alpha value is -1.27. The Labute approximate surface area is 133 Å². The quantitative estimate of drug-likeness (QED) is 0.900. The van der Waals surface area contributed by atoms with Gasteiger partial charge in [0.25, 0.3) is 0 Å². The summed E-state index contributed by atoms with van der Waals surface area (Å²) in [7, 11) is 0. The van der Waals surface area contributed by atoms with Gasteiger partial charge in [-0.25, -0.2) is 0 Å². The van der Waals surface area contributed by atoms with Crippen molar-refractivity contribution in [2.45, 2.75) is 12.6 Å². The number of carbonyl (C=O) groups is 1. The summed E-state index contributed by atoms with van der Waals surface area (Å²) in [5.41, 5.74) is -0.277. The molecule has 0 radical (unpaired) electrons. The zero-order valence-corrected chi connectivity index (χ0v) is 12.7. The van der Waals surface area contributed by atoms with Crippen molar-refractivity contribution in [1.82, 2.24) is 10.2 Å². The zero-order valence-electron chi connectivity index (χ0n) is 11.9. The van der Waals surface area contributed by atoms with Gasteiger partial charge in [-0.2, -0.15) is 13.2 Å². The first-order valence-electron chi connectivity index (χ1n) is 7.08. The van der Waals surface area contributed by atoms with E-state index in [1.165, 1.54) is 6.07 Å². The molecule has 1 N–H and O–H groups in total. The SMILES string of the molecule is Cl.O=C(Cc1cccc(C(F)(F)F)c1)N1C[C@H]2CNC[C@H]2C1. The third kappa shape index (κ3) is 3.55. The van der Waals surface area contributed by atoms with E-state index in [9.17, 15) is 18.0 Å². The molecule has 2 fully saturated rings. The van der Waals surface area contributed by atoms with Crippen LogP contribution in [0.2, 0.25) is 0 Å². The minimum absolute atomic E-state index is 0. The van der Waals surface area contributed by atoms with Gasteiger partial charge in [0.1, 0.15) is 0 Å². The molecule has 3 nitrogen and oxygen atoms in total. The Morgan fingerprint density at radius 3 is 2.45 bits per heavy atom. The monoisotopic (exact) mass is 334 g/mol. The minimum Gasteiger partial charge on any atom is -0.342 e. The number of rotatable bonds is 2. The largest absolute Gasteiger partial charge is 0.416 e. The average molecular weight is 335 g/mol. The van der Waals surface area contributed by atoms with Crippen molar-refractivity contribution in [1.29, 1.82) is 0 Å². The molecule has 7 heteroatoms. The van der Waals surface area contributed by atoms with Crippen LogP contribution in [-0.4, -0.2) is 37.0 Å². The number of halogens is 4. The van der Waals surface area contributed by atoms with E-state index in [2.05, 4.69) is 5.32 Å². The number of hydrogen-bond donors (Lipinski definition) is 1. The van der Waals surface area contributed by atoms with Gasteiger partial charge in [0, 0.05) is 26.2 Å². The topological polar surface area (TPSA) is 32.3 Å². The lowest BCUT2D eigenvalue weighted by Crippen LogP contribution is -2.33. The normalized spacial score (nSPS) is 24.0. The first-order chi connectivity index (χ1) is 9.93. The maximum absolute atomic E-state index is 12.7. The number of likely N-dealkylation sites (tertiary alicyclic amines) is 1. The van der Waals surface area contributed by atoms with Crippen LogP contribution in [0.25, 0.3) is 0 Å². The van der Waals surface area contributed by atoms with Crippen LogP contribution in [0.15, 0.2) is 24.3 Å². The molecular weight excluding hydrogens is 317 g/mol. The molecule has 0 spiro atoms. The molecule has 2 heterocycles. The fraction of sp³-hybridized carbons (Fsp3) is 0.533. The predicted octanol–water partition coefficient (Wildman–Crippen LogP) is 2.35. The van der Waals surface area contributed by atoms with Gasteiger partial charge in [-0.3, -0.25) is 4.79 Å². The van der Waals surface area contributed by atoms with Crippen LogP contribution in [0.3, 0.4) is 0 Å². The number of hydrogen-bond acceptors (Lipinski definition) is 2. The summed E-state index contributed by atoms with van der Waals surface area (Å²) in [5, 5.41) is 3.29. The Kier molecular flexibility index (Phi) is 5.02. The van der Waals surface area contributed by atoms with E-state index in [4.69, 9.17) is 0 Å². The summed E-state index contributed by atoms with van der Waals surface area (Å²) in [6.07, 6.45) is -4.33. The molecule has 0 saturated carbocycles. The minimum atomic E-state index is -4.37. The fourth-order valence-electron chi connectivity index (χ4n) is 3.20. The van der Waals surface area contributed by atoms with Crippen molar-refractivity contribution < 1.29 is 18.0 Å². The predicted molar refractivity (Wildman–Crippen MR) is 78.8 cm³/mol. The molecule has 0 aliphatic carbocycles. The zero-order chi connectivity index (χ0) is 15.0. The number of carbonyl (C=O) groups excluding carboxylic acids is 1. The fourth-order valence-corrected chi connectivity index (χ4v) is 3.20. The first kappa shape index (κ1) is 17.1. The van der Waals surface area contributed by atoms with E-state index in [1.807, 2.05) is 0 Å². The molecule has 22 heavy (non-hydrogen) atoms. The number of fused-ring (bicyclic) bond motifs is 1. The number of benzene rings is 1. The third-order valence-electron chi connectivity index (χ3n) is 4.35. The van der Waals surface area contributed by atoms with Crippen LogP contribution >= 0.6 is 12.4 Å². The van der Waals surface area contributed by atoms with Gasteiger partial charge >= 0.3 is 6.18 Å². The van der Waals surface area contributed by atoms with Gasteiger partial charge in [-0.15, -0.1) is 12.4 Å². The molecule has 3 rings (SSSR count). The van der Waals surface area contributed by atoms with Gasteiger partial charge in [0.2, 0.25) is 5.91 Å². The van der Waals surface area contributed by atoms with Crippen LogP contribution in [0.4, 0.5) is 13.2 Å². The number of nitrogens with one attached hydrogen (secondary N) is 1. The lowest BCUT2D eigenvalue weighted by Gasteiger charge is -2.18. The molecule has 0 bridgehead atoms. The molecule has 2 aliphatic heterocycles. The lowest BCUT2D eigenvalue weighted by atomic mass is 10.0. The Morgan fingerprint density at radius 2 is 1.86 bits per heavy atom. The van der Waals surface area contributed by atoms with Crippen molar-refractivity contribution in [3.63, 3.8) is 0 Å². The molecule has 0 aromatic heterocycles. The van der Waals surface area contributed by atoms with Gasteiger partial charge in [-0.05, 0) is 23.5 Å². The number of amides is 1. The molecule has 2 atom stereocenters. The molecule has 122 valence electrons. The summed E-state index contributed by atoms with van der Waals surface area (Å²) in [6.45, 7) is 3.29. The highest BCUT2D eigenvalue weighted by atomic mass is 35.5. The summed E-state index contributed by atoms with van der Waals surface area (Å²) in [6, 6.07) is 5.02. The standard InChI is InChI=1S/C15H17F3N2O.ClH/c16-15(17,18)13-3-1-2-10(4-13)5-14(21)20-8-11-6-19-7-12(11)9-20;/h1-4,11-12,19H,5-9H2;1H/t11-,12+;. The highest BCUT2D eigenvalue weighted by Crippen LogP contribution is 2.30.